The zero-order valence-electron chi connectivity index (χ0n) is 8.91. The van der Waals surface area contributed by atoms with E-state index in [9.17, 15) is 4.79 Å². The number of benzene rings is 1. The van der Waals surface area contributed by atoms with E-state index in [0.717, 1.165) is 0 Å². The van der Waals surface area contributed by atoms with Crippen LogP contribution in [0.15, 0.2) is 12.1 Å². The molecule has 1 aromatic carbocycles. The second-order valence-electron chi connectivity index (χ2n) is 2.95. The number of methoxy groups -OCH3 is 2. The topological polar surface area (TPSA) is 59.3 Å². The first kappa shape index (κ1) is 12.3. The molecule has 5 heteroatoms. The average molecular weight is 240 g/mol. The Kier molecular flexibility index (Phi) is 4.15. The lowest BCUT2D eigenvalue weighted by Gasteiger charge is -2.09. The lowest BCUT2D eigenvalue weighted by molar-refractivity contribution is 0.0597. The van der Waals surface area contributed by atoms with Crippen molar-refractivity contribution in [3.8, 4) is 11.8 Å². The Balaban J connectivity index is 3.38. The van der Waals surface area contributed by atoms with Gasteiger partial charge in [0, 0.05) is 5.88 Å². The number of nitriles is 1. The Morgan fingerprint density at radius 1 is 1.50 bits per heavy atom. The summed E-state index contributed by atoms with van der Waals surface area (Å²) in [5, 5.41) is 8.89. The van der Waals surface area contributed by atoms with Crippen molar-refractivity contribution in [1.29, 1.82) is 5.26 Å². The Labute approximate surface area is 98.3 Å². The van der Waals surface area contributed by atoms with E-state index in [2.05, 4.69) is 4.74 Å². The van der Waals surface area contributed by atoms with Gasteiger partial charge in [-0.25, -0.2) is 4.79 Å². The molecule has 0 aliphatic heterocycles. The fourth-order valence-electron chi connectivity index (χ4n) is 1.27. The molecule has 0 unspecified atom stereocenters. The fourth-order valence-corrected chi connectivity index (χ4v) is 1.50. The number of hydrogen-bond donors (Lipinski definition) is 0. The molecule has 0 spiro atoms. The number of hydrogen-bond acceptors (Lipinski definition) is 4. The monoisotopic (exact) mass is 239 g/mol. The summed E-state index contributed by atoms with van der Waals surface area (Å²) in [5.41, 5.74) is 1.18. The number of carbonyl (C=O) groups excluding carboxylic acids is 1. The molecule has 0 amide bonds. The molecule has 0 aromatic heterocycles. The van der Waals surface area contributed by atoms with Gasteiger partial charge in [0.25, 0.3) is 0 Å². The minimum absolute atomic E-state index is 0.181. The summed E-state index contributed by atoms with van der Waals surface area (Å²) in [6.45, 7) is 0. The Morgan fingerprint density at radius 3 is 2.62 bits per heavy atom. The van der Waals surface area contributed by atoms with E-state index in [4.69, 9.17) is 21.6 Å². The first-order valence-electron chi connectivity index (χ1n) is 4.43. The molecular formula is C11H10ClNO3. The van der Waals surface area contributed by atoms with Crippen molar-refractivity contribution in [2.45, 2.75) is 5.88 Å². The fraction of sp³-hybridized carbons (Fsp3) is 0.273. The Morgan fingerprint density at radius 2 is 2.19 bits per heavy atom. The van der Waals surface area contributed by atoms with E-state index >= 15 is 0 Å². The van der Waals surface area contributed by atoms with Crippen LogP contribution in [-0.4, -0.2) is 20.2 Å². The number of ether oxygens (including phenoxy) is 2. The molecule has 1 aromatic rings. The van der Waals surface area contributed by atoms with Gasteiger partial charge in [-0.2, -0.15) is 5.26 Å². The van der Waals surface area contributed by atoms with Crippen LogP contribution in [0, 0.1) is 11.3 Å². The third-order valence-electron chi connectivity index (χ3n) is 2.10. The number of halogens is 1. The number of esters is 1. The first-order chi connectivity index (χ1) is 7.67. The van der Waals surface area contributed by atoms with Crippen molar-refractivity contribution in [3.63, 3.8) is 0 Å². The van der Waals surface area contributed by atoms with Gasteiger partial charge in [-0.3, -0.25) is 0 Å². The van der Waals surface area contributed by atoms with Gasteiger partial charge in [0.1, 0.15) is 11.3 Å². The van der Waals surface area contributed by atoms with Crippen LogP contribution in [0.4, 0.5) is 0 Å². The highest BCUT2D eigenvalue weighted by Crippen LogP contribution is 2.25. The smallest absolute Gasteiger partial charge is 0.341 e. The van der Waals surface area contributed by atoms with E-state index in [0.29, 0.717) is 16.9 Å². The molecule has 0 radical (unpaired) electrons. The molecule has 4 nitrogen and oxygen atoms in total. The normalized spacial score (nSPS) is 9.38. The largest absolute Gasteiger partial charge is 0.496 e. The van der Waals surface area contributed by atoms with Crippen LogP contribution in [-0.2, 0) is 10.6 Å². The third-order valence-corrected chi connectivity index (χ3v) is 2.38. The summed E-state index contributed by atoms with van der Waals surface area (Å²) in [6, 6.07) is 4.96. The molecule has 0 aliphatic carbocycles. The quantitative estimate of drug-likeness (QED) is 0.599. The van der Waals surface area contributed by atoms with Crippen molar-refractivity contribution in [2.24, 2.45) is 0 Å². The minimum atomic E-state index is -0.547. The molecule has 0 saturated carbocycles. The maximum absolute atomic E-state index is 11.4. The number of carbonyl (C=O) groups is 1. The summed E-state index contributed by atoms with van der Waals surface area (Å²) >= 11 is 5.68. The van der Waals surface area contributed by atoms with E-state index in [1.807, 2.05) is 6.07 Å². The van der Waals surface area contributed by atoms with Gasteiger partial charge < -0.3 is 9.47 Å². The molecule has 0 atom stereocenters. The van der Waals surface area contributed by atoms with Gasteiger partial charge in [0.15, 0.2) is 0 Å². The molecular weight excluding hydrogens is 230 g/mol. The zero-order valence-corrected chi connectivity index (χ0v) is 9.67. The van der Waals surface area contributed by atoms with Crippen LogP contribution in [0.2, 0.25) is 0 Å². The predicted octanol–water partition coefficient (Wildman–Crippen LogP) is 2.09. The van der Waals surface area contributed by atoms with Crippen LogP contribution < -0.4 is 4.74 Å². The van der Waals surface area contributed by atoms with Crippen LogP contribution >= 0.6 is 11.6 Å². The van der Waals surface area contributed by atoms with Crippen molar-refractivity contribution in [1.82, 2.24) is 0 Å². The van der Waals surface area contributed by atoms with Crippen LogP contribution in [0.3, 0.4) is 0 Å². The van der Waals surface area contributed by atoms with E-state index in [1.165, 1.54) is 20.3 Å². The van der Waals surface area contributed by atoms with Gasteiger partial charge in [-0.15, -0.1) is 11.6 Å². The van der Waals surface area contributed by atoms with Gasteiger partial charge in [-0.05, 0) is 17.7 Å². The second kappa shape index (κ2) is 5.38. The molecule has 1 rings (SSSR count). The molecule has 0 saturated heterocycles. The van der Waals surface area contributed by atoms with Gasteiger partial charge in [-0.1, -0.05) is 0 Å². The third kappa shape index (κ3) is 2.26. The molecule has 16 heavy (non-hydrogen) atoms. The maximum Gasteiger partial charge on any atom is 0.341 e. The van der Waals surface area contributed by atoms with E-state index in [1.54, 1.807) is 6.07 Å². The van der Waals surface area contributed by atoms with Crippen molar-refractivity contribution in [2.75, 3.05) is 14.2 Å². The zero-order chi connectivity index (χ0) is 12.1. The molecule has 0 heterocycles. The highest BCUT2D eigenvalue weighted by molar-refractivity contribution is 6.17. The Bertz CT molecular complexity index is 451. The van der Waals surface area contributed by atoms with Gasteiger partial charge in [0.2, 0.25) is 0 Å². The average Bonchev–Trinajstić information content (AvgIpc) is 2.35. The summed E-state index contributed by atoms with van der Waals surface area (Å²) in [6.07, 6.45) is 0. The highest BCUT2D eigenvalue weighted by Gasteiger charge is 2.16. The molecule has 0 N–H and O–H groups in total. The standard InChI is InChI=1S/C11H10ClNO3/c1-15-10-4-7(5-12)8(6-13)3-9(10)11(14)16-2/h3-4H,5H2,1-2H3. The van der Waals surface area contributed by atoms with Gasteiger partial charge in [0.05, 0.1) is 25.9 Å². The minimum Gasteiger partial charge on any atom is -0.496 e. The van der Waals surface area contributed by atoms with Crippen LogP contribution in [0.5, 0.6) is 5.75 Å². The van der Waals surface area contributed by atoms with E-state index < -0.39 is 5.97 Å². The van der Waals surface area contributed by atoms with Gasteiger partial charge >= 0.3 is 5.97 Å². The molecule has 0 fully saturated rings. The van der Waals surface area contributed by atoms with Crippen molar-refractivity contribution >= 4 is 17.6 Å². The summed E-state index contributed by atoms with van der Waals surface area (Å²) in [4.78, 5) is 11.4. The van der Waals surface area contributed by atoms with Crippen molar-refractivity contribution in [3.05, 3.63) is 28.8 Å². The maximum atomic E-state index is 11.4. The summed E-state index contributed by atoms with van der Waals surface area (Å²) in [5.74, 6) is -0.0169. The SMILES string of the molecule is COC(=O)c1cc(C#N)c(CCl)cc1OC. The second-order valence-corrected chi connectivity index (χ2v) is 3.21. The van der Waals surface area contributed by atoms with Crippen LogP contribution in [0.1, 0.15) is 21.5 Å². The summed E-state index contributed by atoms with van der Waals surface area (Å²) < 4.78 is 9.63. The number of alkyl halides is 1. The molecule has 0 aliphatic rings. The van der Waals surface area contributed by atoms with E-state index in [-0.39, 0.29) is 11.4 Å². The Hall–Kier alpha value is -1.73. The predicted molar refractivity (Wildman–Crippen MR) is 58.6 cm³/mol. The lowest BCUT2D eigenvalue weighted by atomic mass is 10.0. The highest BCUT2D eigenvalue weighted by atomic mass is 35.5. The summed E-state index contributed by atoms with van der Waals surface area (Å²) in [7, 11) is 2.70. The van der Waals surface area contributed by atoms with Crippen molar-refractivity contribution < 1.29 is 14.3 Å². The number of nitrogens with zero attached hydrogens (tertiary/aromatic N) is 1. The number of rotatable bonds is 3. The van der Waals surface area contributed by atoms with Crippen LogP contribution in [0.25, 0.3) is 0 Å². The molecule has 0 bridgehead atoms. The lowest BCUT2D eigenvalue weighted by Crippen LogP contribution is -2.05. The molecule has 84 valence electrons. The first-order valence-corrected chi connectivity index (χ1v) is 4.96.